The summed E-state index contributed by atoms with van der Waals surface area (Å²) < 4.78 is 2.18. The zero-order valence-electron chi connectivity index (χ0n) is 12.8. The summed E-state index contributed by atoms with van der Waals surface area (Å²) >= 11 is 3.04. The number of hydrogen-bond acceptors (Lipinski definition) is 5. The number of nitrogens with zero attached hydrogens (tertiary/aromatic N) is 2. The van der Waals surface area contributed by atoms with Gasteiger partial charge in [-0.15, -0.1) is 11.3 Å². The summed E-state index contributed by atoms with van der Waals surface area (Å²) in [6.07, 6.45) is 3.23. The van der Waals surface area contributed by atoms with Crippen molar-refractivity contribution in [3.63, 3.8) is 0 Å². The van der Waals surface area contributed by atoms with E-state index in [2.05, 4.69) is 15.3 Å². The number of carbonyl (C=O) groups excluding carboxylic acids is 1. The Morgan fingerprint density at radius 2 is 1.88 bits per heavy atom. The molecule has 0 aliphatic carbocycles. The van der Waals surface area contributed by atoms with E-state index in [-0.39, 0.29) is 5.91 Å². The van der Waals surface area contributed by atoms with Crippen molar-refractivity contribution in [3.05, 3.63) is 59.1 Å². The van der Waals surface area contributed by atoms with E-state index in [9.17, 15) is 4.79 Å². The summed E-state index contributed by atoms with van der Waals surface area (Å²) in [7, 11) is 0. The molecular weight excluding hydrogens is 338 g/mol. The van der Waals surface area contributed by atoms with Crippen molar-refractivity contribution in [2.24, 2.45) is 0 Å². The molecule has 118 valence electrons. The molecule has 0 fully saturated rings. The smallest absolute Gasteiger partial charge is 0.250 e. The second-order valence-corrected chi connectivity index (χ2v) is 7.38. The minimum absolute atomic E-state index is 0.203. The Bertz CT molecular complexity index is 1050. The highest BCUT2D eigenvalue weighted by Crippen LogP contribution is 2.28. The molecule has 0 radical (unpaired) electrons. The molecule has 2 aromatic heterocycles. The Balaban J connectivity index is 1.51. The number of hydrogen-bond donors (Lipinski definition) is 1. The third-order valence-electron chi connectivity index (χ3n) is 3.54. The van der Waals surface area contributed by atoms with Gasteiger partial charge in [-0.2, -0.15) is 0 Å². The van der Waals surface area contributed by atoms with Crippen molar-refractivity contribution < 1.29 is 4.79 Å². The van der Waals surface area contributed by atoms with Crippen LogP contribution in [0, 0.1) is 6.92 Å². The Kier molecular flexibility index (Phi) is 3.84. The lowest BCUT2D eigenvalue weighted by Crippen LogP contribution is -2.07. The van der Waals surface area contributed by atoms with Gasteiger partial charge in [-0.1, -0.05) is 35.6 Å². The predicted octanol–water partition coefficient (Wildman–Crippen LogP) is 4.87. The van der Waals surface area contributed by atoms with Gasteiger partial charge in [0.25, 0.3) is 0 Å². The monoisotopic (exact) mass is 351 g/mol. The number of aromatic nitrogens is 2. The van der Waals surface area contributed by atoms with E-state index in [1.54, 1.807) is 17.4 Å². The lowest BCUT2D eigenvalue weighted by molar-refractivity contribution is -0.111. The minimum atomic E-state index is -0.203. The molecule has 6 heteroatoms. The van der Waals surface area contributed by atoms with E-state index in [4.69, 9.17) is 0 Å². The average Bonchev–Trinajstić information content (AvgIpc) is 3.16. The van der Waals surface area contributed by atoms with Crippen LogP contribution in [0.1, 0.15) is 10.6 Å². The van der Waals surface area contributed by atoms with E-state index < -0.39 is 0 Å². The van der Waals surface area contributed by atoms with E-state index in [1.807, 2.05) is 49.4 Å². The van der Waals surface area contributed by atoms with Crippen molar-refractivity contribution in [2.75, 3.05) is 5.32 Å². The second kappa shape index (κ2) is 6.14. The number of aryl methyl sites for hydroxylation is 1. The molecule has 0 unspecified atom stereocenters. The molecule has 0 saturated carbocycles. The van der Waals surface area contributed by atoms with Crippen LogP contribution < -0.4 is 5.32 Å². The summed E-state index contributed by atoms with van der Waals surface area (Å²) in [6, 6.07) is 13.9. The van der Waals surface area contributed by atoms with Gasteiger partial charge in [0.2, 0.25) is 5.91 Å². The standard InChI is InChI=1S/C18H13N3OS2/c1-11-5-4-8-14-17(11)21-18(24-14)20-15(22)9-10-16-19-12-6-2-3-7-13(12)23-16/h2-10H,1H3,(H,20,21,22). The van der Waals surface area contributed by atoms with Gasteiger partial charge in [0.1, 0.15) is 5.01 Å². The first kappa shape index (κ1) is 15.0. The molecule has 0 bridgehead atoms. The lowest BCUT2D eigenvalue weighted by Gasteiger charge is -1.94. The fourth-order valence-corrected chi connectivity index (χ4v) is 4.21. The maximum Gasteiger partial charge on any atom is 0.250 e. The summed E-state index contributed by atoms with van der Waals surface area (Å²) in [4.78, 5) is 21.1. The first-order valence-corrected chi connectivity index (χ1v) is 9.03. The Hall–Kier alpha value is -2.57. The zero-order chi connectivity index (χ0) is 16.5. The van der Waals surface area contributed by atoms with Gasteiger partial charge in [0.05, 0.1) is 20.4 Å². The van der Waals surface area contributed by atoms with Gasteiger partial charge in [0, 0.05) is 6.08 Å². The number of anilines is 1. The summed E-state index contributed by atoms with van der Waals surface area (Å²) in [5.41, 5.74) is 2.99. The SMILES string of the molecule is Cc1cccc2sc(NC(=O)C=Cc3nc4ccccc4s3)nc12. The third kappa shape index (κ3) is 2.93. The number of thiazole rings is 2. The Labute approximate surface area is 146 Å². The number of rotatable bonds is 3. The molecule has 0 spiro atoms. The minimum Gasteiger partial charge on any atom is -0.298 e. The van der Waals surface area contributed by atoms with Gasteiger partial charge < -0.3 is 0 Å². The number of fused-ring (bicyclic) bond motifs is 2. The molecule has 1 amide bonds. The molecule has 4 rings (SSSR count). The second-order valence-electron chi connectivity index (χ2n) is 5.28. The summed E-state index contributed by atoms with van der Waals surface area (Å²) in [5, 5.41) is 4.24. The molecule has 0 aliphatic heterocycles. The predicted molar refractivity (Wildman–Crippen MR) is 102 cm³/mol. The Morgan fingerprint density at radius 1 is 1.04 bits per heavy atom. The van der Waals surface area contributed by atoms with Crippen molar-refractivity contribution in [3.8, 4) is 0 Å². The zero-order valence-corrected chi connectivity index (χ0v) is 14.4. The number of amides is 1. The summed E-state index contributed by atoms with van der Waals surface area (Å²) in [6.45, 7) is 2.01. The van der Waals surface area contributed by atoms with E-state index >= 15 is 0 Å². The van der Waals surface area contributed by atoms with Crippen LogP contribution in [0.3, 0.4) is 0 Å². The van der Waals surface area contributed by atoms with Gasteiger partial charge in [0.15, 0.2) is 5.13 Å². The van der Waals surface area contributed by atoms with Crippen LogP contribution >= 0.6 is 22.7 Å². The number of para-hydroxylation sites is 2. The highest BCUT2D eigenvalue weighted by molar-refractivity contribution is 7.22. The van der Waals surface area contributed by atoms with Gasteiger partial charge in [-0.25, -0.2) is 9.97 Å². The van der Waals surface area contributed by atoms with E-state index in [1.165, 1.54) is 17.4 Å². The van der Waals surface area contributed by atoms with Crippen LogP contribution in [0.2, 0.25) is 0 Å². The van der Waals surface area contributed by atoms with Crippen molar-refractivity contribution >= 4 is 60.2 Å². The average molecular weight is 351 g/mol. The van der Waals surface area contributed by atoms with Gasteiger partial charge in [-0.3, -0.25) is 10.1 Å². The number of carbonyl (C=O) groups is 1. The molecule has 0 atom stereocenters. The van der Waals surface area contributed by atoms with E-state index in [0.29, 0.717) is 5.13 Å². The maximum absolute atomic E-state index is 12.1. The Morgan fingerprint density at radius 3 is 2.71 bits per heavy atom. The third-order valence-corrected chi connectivity index (χ3v) is 5.48. The summed E-state index contributed by atoms with van der Waals surface area (Å²) in [5.74, 6) is -0.203. The van der Waals surface area contributed by atoms with Crippen molar-refractivity contribution in [1.82, 2.24) is 9.97 Å². The van der Waals surface area contributed by atoms with Crippen LogP contribution in [0.15, 0.2) is 48.5 Å². The fourth-order valence-electron chi connectivity index (χ4n) is 2.40. The van der Waals surface area contributed by atoms with Crippen LogP contribution in [0.4, 0.5) is 5.13 Å². The van der Waals surface area contributed by atoms with Crippen molar-refractivity contribution in [1.29, 1.82) is 0 Å². The molecular formula is C18H13N3OS2. The largest absolute Gasteiger partial charge is 0.298 e. The molecule has 0 saturated heterocycles. The topological polar surface area (TPSA) is 54.9 Å². The fraction of sp³-hybridized carbons (Fsp3) is 0.0556. The van der Waals surface area contributed by atoms with Crippen LogP contribution in [-0.4, -0.2) is 15.9 Å². The van der Waals surface area contributed by atoms with Crippen molar-refractivity contribution in [2.45, 2.75) is 6.92 Å². The first-order chi connectivity index (χ1) is 11.7. The first-order valence-electron chi connectivity index (χ1n) is 7.40. The molecule has 0 aliphatic rings. The normalized spacial score (nSPS) is 11.5. The molecule has 4 nitrogen and oxygen atoms in total. The molecule has 1 N–H and O–H groups in total. The van der Waals surface area contributed by atoms with E-state index in [0.717, 1.165) is 31.0 Å². The maximum atomic E-state index is 12.1. The highest BCUT2D eigenvalue weighted by Gasteiger charge is 2.07. The molecule has 4 aromatic rings. The van der Waals surface area contributed by atoms with Gasteiger partial charge >= 0.3 is 0 Å². The van der Waals surface area contributed by atoms with Gasteiger partial charge in [-0.05, 0) is 36.8 Å². The van der Waals surface area contributed by atoms with Crippen LogP contribution in [-0.2, 0) is 4.79 Å². The highest BCUT2D eigenvalue weighted by atomic mass is 32.1. The number of benzene rings is 2. The quantitative estimate of drug-likeness (QED) is 0.536. The molecule has 2 aromatic carbocycles. The molecule has 2 heterocycles. The number of nitrogens with one attached hydrogen (secondary N) is 1. The van der Waals surface area contributed by atoms with Crippen LogP contribution in [0.5, 0.6) is 0 Å². The van der Waals surface area contributed by atoms with Crippen LogP contribution in [0.25, 0.3) is 26.5 Å². The lowest BCUT2D eigenvalue weighted by atomic mass is 10.2. The molecule has 24 heavy (non-hydrogen) atoms.